The summed E-state index contributed by atoms with van der Waals surface area (Å²) in [4.78, 5) is 2.36. The molecule has 18 heavy (non-hydrogen) atoms. The highest BCUT2D eigenvalue weighted by Crippen LogP contribution is 2.21. The van der Waals surface area contributed by atoms with Crippen LogP contribution in [0.25, 0.3) is 0 Å². The zero-order valence-electron chi connectivity index (χ0n) is 13.4. The number of likely N-dealkylation sites (N-methyl/N-ethyl adjacent to an activating group) is 1. The zero-order chi connectivity index (χ0) is 14.0. The van der Waals surface area contributed by atoms with Gasteiger partial charge in [0, 0.05) is 19.2 Å². The summed E-state index contributed by atoms with van der Waals surface area (Å²) in [5, 5.41) is 3.67. The van der Waals surface area contributed by atoms with Crippen LogP contribution in [0.15, 0.2) is 0 Å². The number of hydrogen-bond donors (Lipinski definition) is 1. The average Bonchev–Trinajstić information content (AvgIpc) is 2.27. The maximum Gasteiger partial charge on any atom is 0.0593 e. The normalized spacial score (nSPS) is 14.2. The van der Waals surface area contributed by atoms with E-state index in [2.05, 4.69) is 45.0 Å². The van der Waals surface area contributed by atoms with Gasteiger partial charge in [-0.15, -0.1) is 0 Å². The van der Waals surface area contributed by atoms with Gasteiger partial charge in [0.05, 0.1) is 6.61 Å². The Balaban J connectivity index is 3.94. The van der Waals surface area contributed by atoms with Crippen molar-refractivity contribution in [3.63, 3.8) is 0 Å². The maximum absolute atomic E-state index is 5.39. The number of nitrogens with one attached hydrogen (secondary N) is 1. The molecule has 1 unspecified atom stereocenters. The third-order valence-electron chi connectivity index (χ3n) is 3.31. The summed E-state index contributed by atoms with van der Waals surface area (Å²) in [5.41, 5.74) is 0.329. The maximum atomic E-state index is 5.39. The van der Waals surface area contributed by atoms with Gasteiger partial charge in [-0.25, -0.2) is 0 Å². The summed E-state index contributed by atoms with van der Waals surface area (Å²) >= 11 is 0. The molecule has 0 saturated carbocycles. The molecule has 0 aliphatic rings. The van der Waals surface area contributed by atoms with E-state index >= 15 is 0 Å². The highest BCUT2D eigenvalue weighted by Gasteiger charge is 2.23. The molecule has 3 heteroatoms. The Morgan fingerprint density at radius 1 is 1.17 bits per heavy atom. The lowest BCUT2D eigenvalue weighted by Crippen LogP contribution is -2.43. The molecule has 1 atom stereocenters. The van der Waals surface area contributed by atoms with Crippen molar-refractivity contribution in [1.82, 2.24) is 10.2 Å². The van der Waals surface area contributed by atoms with E-state index in [4.69, 9.17) is 4.74 Å². The van der Waals surface area contributed by atoms with E-state index < -0.39 is 0 Å². The molecule has 0 aromatic carbocycles. The van der Waals surface area contributed by atoms with Crippen molar-refractivity contribution < 1.29 is 4.74 Å². The minimum absolute atomic E-state index is 0.329. The van der Waals surface area contributed by atoms with Crippen LogP contribution in [0.1, 0.15) is 47.5 Å². The minimum Gasteiger partial charge on any atom is -0.380 e. The van der Waals surface area contributed by atoms with E-state index in [0.717, 1.165) is 32.8 Å². The quantitative estimate of drug-likeness (QED) is 0.610. The Morgan fingerprint density at radius 3 is 2.33 bits per heavy atom. The molecule has 0 aromatic rings. The van der Waals surface area contributed by atoms with E-state index in [1.54, 1.807) is 0 Å². The molecule has 0 radical (unpaired) electrons. The molecule has 0 heterocycles. The van der Waals surface area contributed by atoms with Crippen LogP contribution in [0, 0.1) is 5.41 Å². The fraction of sp³-hybridized carbons (Fsp3) is 1.00. The van der Waals surface area contributed by atoms with Crippen LogP contribution in [0.3, 0.4) is 0 Å². The van der Waals surface area contributed by atoms with Crippen molar-refractivity contribution >= 4 is 0 Å². The Bertz CT molecular complexity index is 189. The average molecular weight is 258 g/mol. The topological polar surface area (TPSA) is 24.5 Å². The Labute approximate surface area is 114 Å². The lowest BCUT2D eigenvalue weighted by Gasteiger charge is -2.33. The van der Waals surface area contributed by atoms with Gasteiger partial charge in [-0.1, -0.05) is 27.7 Å². The molecule has 0 aromatic heterocycles. The smallest absolute Gasteiger partial charge is 0.0593 e. The van der Waals surface area contributed by atoms with Gasteiger partial charge in [-0.2, -0.15) is 0 Å². The van der Waals surface area contributed by atoms with Crippen molar-refractivity contribution in [2.24, 2.45) is 5.41 Å². The molecule has 0 bridgehead atoms. The summed E-state index contributed by atoms with van der Waals surface area (Å²) < 4.78 is 5.39. The van der Waals surface area contributed by atoms with Gasteiger partial charge in [0.25, 0.3) is 0 Å². The van der Waals surface area contributed by atoms with Crippen LogP contribution in [0.5, 0.6) is 0 Å². The van der Waals surface area contributed by atoms with Crippen LogP contribution in [-0.4, -0.2) is 50.8 Å². The second kappa shape index (κ2) is 9.76. The molecule has 0 fully saturated rings. The van der Waals surface area contributed by atoms with Gasteiger partial charge in [-0.3, -0.25) is 0 Å². The highest BCUT2D eigenvalue weighted by atomic mass is 16.5. The molecule has 0 amide bonds. The van der Waals surface area contributed by atoms with Crippen LogP contribution in [0.2, 0.25) is 0 Å². The molecule has 3 nitrogen and oxygen atoms in total. The van der Waals surface area contributed by atoms with Crippen molar-refractivity contribution in [2.75, 3.05) is 39.9 Å². The van der Waals surface area contributed by atoms with Crippen molar-refractivity contribution in [3.8, 4) is 0 Å². The number of ether oxygens (including phenoxy) is 1. The molecular weight excluding hydrogens is 224 g/mol. The fourth-order valence-electron chi connectivity index (χ4n) is 1.99. The lowest BCUT2D eigenvalue weighted by molar-refractivity contribution is 0.118. The van der Waals surface area contributed by atoms with Crippen molar-refractivity contribution in [2.45, 2.75) is 53.5 Å². The Hall–Kier alpha value is -0.120. The minimum atomic E-state index is 0.329. The summed E-state index contributed by atoms with van der Waals surface area (Å²) in [6.07, 6.45) is 2.40. The van der Waals surface area contributed by atoms with Gasteiger partial charge < -0.3 is 15.0 Å². The standard InChI is InChI=1S/C15H34N2O/c1-7-10-16-14(15(3,4)5)9-11-17(6)12-13-18-8-2/h14,16H,7-13H2,1-6H3. The first-order valence-electron chi connectivity index (χ1n) is 7.41. The van der Waals surface area contributed by atoms with E-state index in [0.29, 0.717) is 11.5 Å². The zero-order valence-corrected chi connectivity index (χ0v) is 13.4. The third-order valence-corrected chi connectivity index (χ3v) is 3.31. The second-order valence-corrected chi connectivity index (χ2v) is 6.16. The van der Waals surface area contributed by atoms with Crippen LogP contribution in [-0.2, 0) is 4.74 Å². The fourth-order valence-corrected chi connectivity index (χ4v) is 1.99. The first kappa shape index (κ1) is 17.9. The predicted molar refractivity (Wildman–Crippen MR) is 80.1 cm³/mol. The van der Waals surface area contributed by atoms with Gasteiger partial charge in [0.15, 0.2) is 0 Å². The monoisotopic (exact) mass is 258 g/mol. The van der Waals surface area contributed by atoms with Gasteiger partial charge in [0.2, 0.25) is 0 Å². The van der Waals surface area contributed by atoms with E-state index in [9.17, 15) is 0 Å². The van der Waals surface area contributed by atoms with E-state index in [1.165, 1.54) is 12.8 Å². The molecule has 0 rings (SSSR count). The highest BCUT2D eigenvalue weighted by molar-refractivity contribution is 4.81. The molecule has 0 saturated heterocycles. The molecular formula is C15H34N2O. The van der Waals surface area contributed by atoms with Gasteiger partial charge >= 0.3 is 0 Å². The van der Waals surface area contributed by atoms with Crippen LogP contribution >= 0.6 is 0 Å². The second-order valence-electron chi connectivity index (χ2n) is 6.16. The largest absolute Gasteiger partial charge is 0.380 e. The van der Waals surface area contributed by atoms with Crippen molar-refractivity contribution in [1.29, 1.82) is 0 Å². The lowest BCUT2D eigenvalue weighted by atomic mass is 9.84. The van der Waals surface area contributed by atoms with Crippen LogP contribution < -0.4 is 5.32 Å². The molecule has 0 spiro atoms. The SMILES string of the molecule is CCCNC(CCN(C)CCOCC)C(C)(C)C. The summed E-state index contributed by atoms with van der Waals surface area (Å²) in [6.45, 7) is 16.2. The summed E-state index contributed by atoms with van der Waals surface area (Å²) in [5.74, 6) is 0. The Kier molecular flexibility index (Phi) is 9.70. The van der Waals surface area contributed by atoms with Gasteiger partial charge in [0.1, 0.15) is 0 Å². The molecule has 110 valence electrons. The van der Waals surface area contributed by atoms with E-state index in [1.807, 2.05) is 6.92 Å². The van der Waals surface area contributed by atoms with Gasteiger partial charge in [-0.05, 0) is 45.3 Å². The third kappa shape index (κ3) is 8.90. The van der Waals surface area contributed by atoms with Crippen LogP contribution in [0.4, 0.5) is 0 Å². The number of rotatable bonds is 10. The molecule has 1 N–H and O–H groups in total. The first-order valence-corrected chi connectivity index (χ1v) is 7.41. The number of nitrogens with zero attached hydrogens (tertiary/aromatic N) is 1. The number of hydrogen-bond acceptors (Lipinski definition) is 3. The Morgan fingerprint density at radius 2 is 1.83 bits per heavy atom. The van der Waals surface area contributed by atoms with Crippen molar-refractivity contribution in [3.05, 3.63) is 0 Å². The molecule has 0 aliphatic carbocycles. The predicted octanol–water partition coefficient (Wildman–Crippen LogP) is 2.76. The molecule has 0 aliphatic heterocycles. The summed E-state index contributed by atoms with van der Waals surface area (Å²) in [7, 11) is 2.18. The van der Waals surface area contributed by atoms with E-state index in [-0.39, 0.29) is 0 Å². The first-order chi connectivity index (χ1) is 8.41. The summed E-state index contributed by atoms with van der Waals surface area (Å²) in [6, 6.07) is 0.590.